The van der Waals surface area contributed by atoms with Crippen molar-refractivity contribution in [2.45, 2.75) is 24.3 Å². The first-order valence-corrected chi connectivity index (χ1v) is 9.38. The number of aromatic nitrogens is 1. The van der Waals surface area contributed by atoms with Crippen LogP contribution < -0.4 is 4.72 Å². The van der Waals surface area contributed by atoms with E-state index in [1.807, 2.05) is 0 Å². The molecule has 132 valence electrons. The van der Waals surface area contributed by atoms with Gasteiger partial charge in [-0.3, -0.25) is 4.90 Å². The topological polar surface area (TPSA) is 74.4 Å². The summed E-state index contributed by atoms with van der Waals surface area (Å²) < 4.78 is 47.1. The van der Waals surface area contributed by atoms with Gasteiger partial charge in [-0.25, -0.2) is 17.5 Å². The van der Waals surface area contributed by atoms with Gasteiger partial charge >= 0.3 is 0 Å². The maximum atomic E-state index is 14.0. The predicted octanol–water partition coefficient (Wildman–Crippen LogP) is 1.70. The molecule has 6 nitrogen and oxygen atoms in total. The molecule has 2 heterocycles. The third-order valence-corrected chi connectivity index (χ3v) is 5.88. The first-order valence-electron chi connectivity index (χ1n) is 7.89. The average Bonchev–Trinajstić information content (AvgIpc) is 2.95. The van der Waals surface area contributed by atoms with Crippen molar-refractivity contribution in [3.63, 3.8) is 0 Å². The molecule has 0 bridgehead atoms. The second-order valence-corrected chi connectivity index (χ2v) is 8.30. The molecule has 0 amide bonds. The van der Waals surface area contributed by atoms with Crippen molar-refractivity contribution in [1.29, 1.82) is 0 Å². The lowest BCUT2D eigenvalue weighted by Crippen LogP contribution is -2.54. The number of halogens is 1. The van der Waals surface area contributed by atoms with E-state index in [4.69, 9.17) is 4.74 Å². The number of nitrogens with one attached hydrogen (secondary N) is 2. The molecule has 1 saturated heterocycles. The van der Waals surface area contributed by atoms with Gasteiger partial charge in [0.1, 0.15) is 10.7 Å². The lowest BCUT2D eigenvalue weighted by molar-refractivity contribution is -0.0495. The standard InChI is InChI=1S/C16H22FN3O3S/c1-16(2)11-23-9-8-20(16)7-6-19-24(21,22)14-10-18-13-5-3-4-12(17)15(13)14/h3-5,10,18-19H,6-9,11H2,1-2H3. The van der Waals surface area contributed by atoms with E-state index in [0.717, 1.165) is 6.54 Å². The van der Waals surface area contributed by atoms with Gasteiger partial charge in [-0.05, 0) is 26.0 Å². The summed E-state index contributed by atoms with van der Waals surface area (Å²) in [4.78, 5) is 4.93. The summed E-state index contributed by atoms with van der Waals surface area (Å²) >= 11 is 0. The number of morpholine rings is 1. The number of sulfonamides is 1. The van der Waals surface area contributed by atoms with Gasteiger partial charge in [-0.1, -0.05) is 6.07 Å². The summed E-state index contributed by atoms with van der Waals surface area (Å²) in [7, 11) is -3.78. The van der Waals surface area contributed by atoms with Crippen molar-refractivity contribution in [2.24, 2.45) is 0 Å². The third-order valence-electron chi connectivity index (χ3n) is 4.40. The predicted molar refractivity (Wildman–Crippen MR) is 89.9 cm³/mol. The molecule has 0 aliphatic carbocycles. The number of aromatic amines is 1. The Hall–Kier alpha value is -1.48. The van der Waals surface area contributed by atoms with E-state index < -0.39 is 15.8 Å². The highest BCUT2D eigenvalue weighted by Crippen LogP contribution is 2.25. The molecule has 1 fully saturated rings. The number of hydrogen-bond donors (Lipinski definition) is 2. The fourth-order valence-electron chi connectivity index (χ4n) is 3.02. The number of H-pyrrole nitrogens is 1. The van der Waals surface area contributed by atoms with E-state index in [2.05, 4.69) is 28.5 Å². The summed E-state index contributed by atoms with van der Waals surface area (Å²) in [6.07, 6.45) is 1.33. The summed E-state index contributed by atoms with van der Waals surface area (Å²) in [5, 5.41) is 0.0942. The second-order valence-electron chi connectivity index (χ2n) is 6.57. The van der Waals surface area contributed by atoms with Crippen LogP contribution in [-0.2, 0) is 14.8 Å². The molecule has 0 spiro atoms. The SMILES string of the molecule is CC1(C)COCCN1CCNS(=O)(=O)c1c[nH]c2cccc(F)c12. The van der Waals surface area contributed by atoms with E-state index in [-0.39, 0.29) is 22.4 Å². The highest BCUT2D eigenvalue weighted by Gasteiger charge is 2.30. The van der Waals surface area contributed by atoms with Crippen LogP contribution in [-0.4, -0.2) is 56.7 Å². The molecule has 1 aliphatic heterocycles. The van der Waals surface area contributed by atoms with Crippen LogP contribution in [0.15, 0.2) is 29.3 Å². The molecule has 0 atom stereocenters. The average molecular weight is 355 g/mol. The lowest BCUT2D eigenvalue weighted by atomic mass is 10.0. The van der Waals surface area contributed by atoms with Gasteiger partial charge in [0.15, 0.2) is 0 Å². The molecule has 2 N–H and O–H groups in total. The van der Waals surface area contributed by atoms with Gasteiger partial charge in [0.2, 0.25) is 10.0 Å². The zero-order chi connectivity index (χ0) is 17.4. The number of nitrogens with zero attached hydrogens (tertiary/aromatic N) is 1. The molecule has 1 aromatic heterocycles. The molecule has 8 heteroatoms. The maximum Gasteiger partial charge on any atom is 0.242 e. The number of ether oxygens (including phenoxy) is 1. The Kier molecular flexibility index (Phi) is 4.65. The van der Waals surface area contributed by atoms with Gasteiger partial charge in [0.05, 0.1) is 18.6 Å². The highest BCUT2D eigenvalue weighted by atomic mass is 32.2. The molecule has 1 aliphatic rings. The fraction of sp³-hybridized carbons (Fsp3) is 0.500. The molecular weight excluding hydrogens is 333 g/mol. The van der Waals surface area contributed by atoms with Crippen LogP contribution in [0, 0.1) is 5.82 Å². The van der Waals surface area contributed by atoms with Crippen LogP contribution >= 0.6 is 0 Å². The maximum absolute atomic E-state index is 14.0. The summed E-state index contributed by atoms with van der Waals surface area (Å²) in [5.41, 5.74) is 0.334. The first-order chi connectivity index (χ1) is 11.3. The Morgan fingerprint density at radius 1 is 1.42 bits per heavy atom. The minimum atomic E-state index is -3.78. The van der Waals surface area contributed by atoms with E-state index in [1.165, 1.54) is 12.3 Å². The van der Waals surface area contributed by atoms with Crippen molar-refractivity contribution in [2.75, 3.05) is 32.8 Å². The fourth-order valence-corrected chi connectivity index (χ4v) is 4.23. The van der Waals surface area contributed by atoms with Gasteiger partial charge < -0.3 is 9.72 Å². The van der Waals surface area contributed by atoms with Crippen LogP contribution in [0.1, 0.15) is 13.8 Å². The van der Waals surface area contributed by atoms with Crippen molar-refractivity contribution in [1.82, 2.24) is 14.6 Å². The monoisotopic (exact) mass is 355 g/mol. The van der Waals surface area contributed by atoms with E-state index >= 15 is 0 Å². The molecule has 3 rings (SSSR count). The van der Waals surface area contributed by atoms with Crippen molar-refractivity contribution < 1.29 is 17.5 Å². The van der Waals surface area contributed by atoms with Crippen LogP contribution in [0.5, 0.6) is 0 Å². The number of fused-ring (bicyclic) bond motifs is 1. The van der Waals surface area contributed by atoms with E-state index in [9.17, 15) is 12.8 Å². The number of rotatable bonds is 5. The van der Waals surface area contributed by atoms with Gasteiger partial charge in [-0.15, -0.1) is 0 Å². The summed E-state index contributed by atoms with van der Waals surface area (Å²) in [5.74, 6) is -0.552. The molecule has 0 radical (unpaired) electrons. The Bertz CT molecular complexity index is 832. The van der Waals surface area contributed by atoms with E-state index in [1.54, 1.807) is 12.1 Å². The Labute approximate surface area is 141 Å². The summed E-state index contributed by atoms with van der Waals surface area (Å²) in [6, 6.07) is 4.44. The molecule has 1 aromatic carbocycles. The smallest absolute Gasteiger partial charge is 0.242 e. The van der Waals surface area contributed by atoms with Gasteiger partial charge in [-0.2, -0.15) is 0 Å². The number of hydrogen-bond acceptors (Lipinski definition) is 4. The van der Waals surface area contributed by atoms with Crippen molar-refractivity contribution in [3.8, 4) is 0 Å². The molecule has 2 aromatic rings. The summed E-state index contributed by atoms with van der Waals surface area (Å²) in [6.45, 7) is 6.98. The van der Waals surface area contributed by atoms with Crippen molar-refractivity contribution >= 4 is 20.9 Å². The van der Waals surface area contributed by atoms with Crippen LogP contribution in [0.25, 0.3) is 10.9 Å². The van der Waals surface area contributed by atoms with Crippen molar-refractivity contribution in [3.05, 3.63) is 30.2 Å². The molecule has 0 saturated carbocycles. The third kappa shape index (κ3) is 3.32. The quantitative estimate of drug-likeness (QED) is 0.856. The van der Waals surface area contributed by atoms with Gasteiger partial charge in [0.25, 0.3) is 0 Å². The minimum Gasteiger partial charge on any atom is -0.378 e. The minimum absolute atomic E-state index is 0.0585. The zero-order valence-electron chi connectivity index (χ0n) is 13.8. The van der Waals surface area contributed by atoms with Gasteiger partial charge in [0, 0.05) is 36.9 Å². The Balaban J connectivity index is 1.72. The van der Waals surface area contributed by atoms with E-state index in [0.29, 0.717) is 25.3 Å². The first kappa shape index (κ1) is 17.3. The van der Waals surface area contributed by atoms with Crippen LogP contribution in [0.3, 0.4) is 0 Å². The van der Waals surface area contributed by atoms with Crippen LogP contribution in [0.4, 0.5) is 4.39 Å². The Morgan fingerprint density at radius 2 is 2.21 bits per heavy atom. The van der Waals surface area contributed by atoms with Crippen LogP contribution in [0.2, 0.25) is 0 Å². The largest absolute Gasteiger partial charge is 0.378 e. The highest BCUT2D eigenvalue weighted by molar-refractivity contribution is 7.89. The molecule has 0 unspecified atom stereocenters. The zero-order valence-corrected chi connectivity index (χ0v) is 14.6. The lowest BCUT2D eigenvalue weighted by Gasteiger charge is -2.42. The Morgan fingerprint density at radius 3 is 2.96 bits per heavy atom. The molecular formula is C16H22FN3O3S. The second kappa shape index (κ2) is 6.44. The normalized spacial score (nSPS) is 19.0. The number of benzene rings is 1. The molecule has 24 heavy (non-hydrogen) atoms.